The largest absolute Gasteiger partial charge is 0.507 e. The highest BCUT2D eigenvalue weighted by Gasteiger charge is 2.07. The number of aromatic carboxylic acids is 1. The average molecular weight is 327 g/mol. The maximum atomic E-state index is 10.2. The quantitative estimate of drug-likeness (QED) is 0.685. The number of rotatable bonds is 4. The van der Waals surface area contributed by atoms with Crippen molar-refractivity contribution in [1.82, 2.24) is 14.9 Å². The Kier molecular flexibility index (Phi) is 5.92. The molecule has 0 atom stereocenters. The van der Waals surface area contributed by atoms with Crippen LogP contribution in [0.5, 0.6) is 5.75 Å². The molecule has 0 aliphatic carbocycles. The van der Waals surface area contributed by atoms with Crippen LogP contribution in [-0.2, 0) is 6.42 Å². The zero-order chi connectivity index (χ0) is 17.5. The molecule has 3 rings (SSSR count). The van der Waals surface area contributed by atoms with Crippen LogP contribution >= 0.6 is 0 Å². The minimum absolute atomic E-state index is 0.220. The number of likely N-dealkylation sites (N-methyl/N-ethyl adjacent to an activating group) is 1. The van der Waals surface area contributed by atoms with Gasteiger partial charge in [0.25, 0.3) is 0 Å². The molecule has 3 aromatic rings. The number of phenols is 1. The Balaban J connectivity index is 0.000000198. The van der Waals surface area contributed by atoms with Gasteiger partial charge in [-0.25, -0.2) is 4.79 Å². The van der Waals surface area contributed by atoms with Crippen molar-refractivity contribution in [1.29, 1.82) is 0 Å². The standard InChI is InChI=1S/C12H16N2O.C6H5NO2/c1-14(2)7-6-9-8-13-10-4-3-5-11(15)12(9)10;8-6(9)5-2-1-3-7-4-5/h3-5,8,13,15H,6-7H2,1-2H3;1-4H,(H,8,9). The zero-order valence-electron chi connectivity index (χ0n) is 13.7. The van der Waals surface area contributed by atoms with Crippen molar-refractivity contribution in [2.75, 3.05) is 20.6 Å². The van der Waals surface area contributed by atoms with Crippen molar-refractivity contribution < 1.29 is 15.0 Å². The number of hydrogen-bond donors (Lipinski definition) is 3. The number of benzene rings is 1. The van der Waals surface area contributed by atoms with Crippen molar-refractivity contribution in [2.45, 2.75) is 6.42 Å². The highest BCUT2D eigenvalue weighted by atomic mass is 16.4. The summed E-state index contributed by atoms with van der Waals surface area (Å²) in [4.78, 5) is 19.1. The van der Waals surface area contributed by atoms with Gasteiger partial charge in [0.05, 0.1) is 5.56 Å². The van der Waals surface area contributed by atoms with Crippen molar-refractivity contribution in [2.24, 2.45) is 0 Å². The van der Waals surface area contributed by atoms with Gasteiger partial charge in [-0.05, 0) is 50.3 Å². The SMILES string of the molecule is CN(C)CCc1c[nH]c2cccc(O)c12.O=C(O)c1cccnc1. The van der Waals surface area contributed by atoms with Gasteiger partial charge in [0.1, 0.15) is 5.75 Å². The summed E-state index contributed by atoms with van der Waals surface area (Å²) in [6.45, 7) is 0.987. The molecule has 0 amide bonds. The van der Waals surface area contributed by atoms with Gasteiger partial charge in [0, 0.05) is 36.0 Å². The molecule has 2 heterocycles. The molecule has 0 bridgehead atoms. The Bertz CT molecular complexity index is 798. The number of nitrogens with zero attached hydrogens (tertiary/aromatic N) is 2. The molecule has 2 aromatic heterocycles. The van der Waals surface area contributed by atoms with E-state index in [0.717, 1.165) is 23.9 Å². The highest BCUT2D eigenvalue weighted by Crippen LogP contribution is 2.27. The molecule has 0 spiro atoms. The predicted molar refractivity (Wildman–Crippen MR) is 93.4 cm³/mol. The zero-order valence-corrected chi connectivity index (χ0v) is 13.7. The lowest BCUT2D eigenvalue weighted by Gasteiger charge is -2.08. The third-order valence-electron chi connectivity index (χ3n) is 3.50. The highest BCUT2D eigenvalue weighted by molar-refractivity contribution is 5.89. The maximum Gasteiger partial charge on any atom is 0.337 e. The molecule has 3 N–H and O–H groups in total. The van der Waals surface area contributed by atoms with Gasteiger partial charge in [-0.1, -0.05) is 6.07 Å². The Morgan fingerprint density at radius 2 is 2.04 bits per heavy atom. The number of H-pyrrole nitrogens is 1. The first-order valence-corrected chi connectivity index (χ1v) is 7.55. The molecule has 0 fully saturated rings. The number of hydrogen-bond acceptors (Lipinski definition) is 4. The molecule has 6 nitrogen and oxygen atoms in total. The first-order valence-electron chi connectivity index (χ1n) is 7.55. The summed E-state index contributed by atoms with van der Waals surface area (Å²) in [6, 6.07) is 8.65. The van der Waals surface area contributed by atoms with Gasteiger partial charge in [-0.15, -0.1) is 0 Å². The molecule has 0 radical (unpaired) electrons. The second-order valence-corrected chi connectivity index (χ2v) is 5.61. The van der Waals surface area contributed by atoms with Crippen LogP contribution in [0.1, 0.15) is 15.9 Å². The average Bonchev–Trinajstić information content (AvgIpc) is 2.99. The van der Waals surface area contributed by atoms with E-state index < -0.39 is 5.97 Å². The molecule has 126 valence electrons. The van der Waals surface area contributed by atoms with Gasteiger partial charge in [-0.3, -0.25) is 4.98 Å². The Morgan fingerprint density at radius 3 is 2.62 bits per heavy atom. The summed E-state index contributed by atoms with van der Waals surface area (Å²) in [7, 11) is 4.10. The molecular formula is C18H21N3O3. The number of pyridine rings is 1. The summed E-state index contributed by atoms with van der Waals surface area (Å²) in [5.74, 6) is -0.578. The number of carboxylic acid groups (broad SMARTS) is 1. The Hall–Kier alpha value is -2.86. The number of fused-ring (bicyclic) bond motifs is 1. The van der Waals surface area contributed by atoms with E-state index in [2.05, 4.69) is 29.0 Å². The fourth-order valence-corrected chi connectivity index (χ4v) is 2.27. The number of carbonyl (C=O) groups is 1. The fraction of sp³-hybridized carbons (Fsp3) is 0.222. The predicted octanol–water partition coefficient (Wildman–Crippen LogP) is 2.76. The van der Waals surface area contributed by atoms with Crippen molar-refractivity contribution in [3.05, 3.63) is 60.0 Å². The van der Waals surface area contributed by atoms with Gasteiger partial charge in [0.2, 0.25) is 0 Å². The summed E-state index contributed by atoms with van der Waals surface area (Å²) in [5.41, 5.74) is 2.40. The van der Waals surface area contributed by atoms with Crippen molar-refractivity contribution in [3.63, 3.8) is 0 Å². The number of nitrogens with one attached hydrogen (secondary N) is 1. The normalized spacial score (nSPS) is 10.5. The molecular weight excluding hydrogens is 306 g/mol. The van der Waals surface area contributed by atoms with Crippen LogP contribution in [0.25, 0.3) is 10.9 Å². The minimum atomic E-state index is -0.942. The minimum Gasteiger partial charge on any atom is -0.507 e. The Morgan fingerprint density at radius 1 is 1.25 bits per heavy atom. The van der Waals surface area contributed by atoms with Crippen LogP contribution in [0, 0.1) is 0 Å². The number of aromatic nitrogens is 2. The summed E-state index contributed by atoms with van der Waals surface area (Å²) in [6.07, 6.45) is 5.77. The fourth-order valence-electron chi connectivity index (χ4n) is 2.27. The van der Waals surface area contributed by atoms with E-state index in [1.807, 2.05) is 18.3 Å². The van der Waals surface area contributed by atoms with Crippen molar-refractivity contribution >= 4 is 16.9 Å². The lowest BCUT2D eigenvalue weighted by atomic mass is 10.1. The number of phenolic OH excluding ortho intramolecular Hbond substituents is 1. The summed E-state index contributed by atoms with van der Waals surface area (Å²) < 4.78 is 0. The van der Waals surface area contributed by atoms with Gasteiger partial charge < -0.3 is 20.1 Å². The van der Waals surface area contributed by atoms with Crippen LogP contribution in [0.2, 0.25) is 0 Å². The smallest absolute Gasteiger partial charge is 0.337 e. The molecule has 0 unspecified atom stereocenters. The van der Waals surface area contributed by atoms with Crippen LogP contribution in [0.15, 0.2) is 48.9 Å². The van der Waals surface area contributed by atoms with E-state index in [0.29, 0.717) is 5.75 Å². The Labute approximate surface area is 140 Å². The van der Waals surface area contributed by atoms with E-state index >= 15 is 0 Å². The van der Waals surface area contributed by atoms with Crippen LogP contribution in [-0.4, -0.2) is 51.7 Å². The van der Waals surface area contributed by atoms with E-state index in [9.17, 15) is 9.90 Å². The molecule has 0 aliphatic heterocycles. The van der Waals surface area contributed by atoms with E-state index in [1.54, 1.807) is 12.1 Å². The van der Waals surface area contributed by atoms with Crippen LogP contribution < -0.4 is 0 Å². The van der Waals surface area contributed by atoms with E-state index in [4.69, 9.17) is 5.11 Å². The van der Waals surface area contributed by atoms with Gasteiger partial charge in [-0.2, -0.15) is 0 Å². The van der Waals surface area contributed by atoms with Gasteiger partial charge >= 0.3 is 5.97 Å². The summed E-state index contributed by atoms with van der Waals surface area (Å²) >= 11 is 0. The lowest BCUT2D eigenvalue weighted by Crippen LogP contribution is -2.14. The van der Waals surface area contributed by atoms with Crippen LogP contribution in [0.4, 0.5) is 0 Å². The number of aromatic hydroxyl groups is 1. The van der Waals surface area contributed by atoms with E-state index in [1.165, 1.54) is 24.0 Å². The summed E-state index contributed by atoms with van der Waals surface area (Å²) in [5, 5.41) is 19.1. The molecule has 0 aliphatic rings. The maximum absolute atomic E-state index is 10.2. The topological polar surface area (TPSA) is 89.5 Å². The number of carboxylic acids is 1. The first-order chi connectivity index (χ1) is 11.5. The lowest BCUT2D eigenvalue weighted by molar-refractivity contribution is 0.0696. The third-order valence-corrected chi connectivity index (χ3v) is 3.50. The van der Waals surface area contributed by atoms with Crippen molar-refractivity contribution in [3.8, 4) is 5.75 Å². The molecule has 6 heteroatoms. The third kappa shape index (κ3) is 4.57. The molecule has 1 aromatic carbocycles. The molecule has 0 saturated carbocycles. The van der Waals surface area contributed by atoms with Gasteiger partial charge in [0.15, 0.2) is 0 Å². The monoisotopic (exact) mass is 327 g/mol. The number of aromatic amines is 1. The second kappa shape index (κ2) is 8.12. The second-order valence-electron chi connectivity index (χ2n) is 5.61. The van der Waals surface area contributed by atoms with Crippen LogP contribution in [0.3, 0.4) is 0 Å². The first kappa shape index (κ1) is 17.5. The molecule has 0 saturated heterocycles. The molecule has 24 heavy (non-hydrogen) atoms. The van der Waals surface area contributed by atoms with E-state index in [-0.39, 0.29) is 5.56 Å².